The summed E-state index contributed by atoms with van der Waals surface area (Å²) < 4.78 is 5.18. The van der Waals surface area contributed by atoms with Crippen molar-refractivity contribution in [3.05, 3.63) is 0 Å². The van der Waals surface area contributed by atoms with Gasteiger partial charge in [-0.05, 0) is 25.3 Å². The number of nitrogens with zero attached hydrogens (tertiary/aromatic N) is 1. The van der Waals surface area contributed by atoms with E-state index in [1.165, 1.54) is 13.0 Å². The first-order chi connectivity index (χ1) is 5.65. The zero-order valence-electron chi connectivity index (χ0n) is 8.71. The zero-order chi connectivity index (χ0) is 9.14. The number of likely N-dealkylation sites (N-methyl/N-ethyl adjacent to an activating group) is 1. The number of methoxy groups -OCH3 is 1. The summed E-state index contributed by atoms with van der Waals surface area (Å²) in [5.41, 5.74) is 0. The minimum atomic E-state index is 0.655. The van der Waals surface area contributed by atoms with Crippen LogP contribution >= 0.6 is 0 Å². The summed E-state index contributed by atoms with van der Waals surface area (Å²) >= 11 is 0. The maximum absolute atomic E-state index is 5.18. The van der Waals surface area contributed by atoms with Crippen LogP contribution in [0, 0.1) is 11.8 Å². The molecule has 0 radical (unpaired) electrons. The molecule has 0 amide bonds. The van der Waals surface area contributed by atoms with Gasteiger partial charge >= 0.3 is 0 Å². The highest BCUT2D eigenvalue weighted by Crippen LogP contribution is 2.27. The lowest BCUT2D eigenvalue weighted by Crippen LogP contribution is -2.28. The van der Waals surface area contributed by atoms with E-state index in [-0.39, 0.29) is 0 Å². The standard InChI is InChI=1S/C10H21NO/c1-8(2)9-5-10(7-12-4)11(3)6-9/h8-10H,5-7H2,1-4H3. The van der Waals surface area contributed by atoms with Crippen molar-refractivity contribution in [2.24, 2.45) is 11.8 Å². The van der Waals surface area contributed by atoms with Crippen LogP contribution in [0.25, 0.3) is 0 Å². The van der Waals surface area contributed by atoms with Gasteiger partial charge in [-0.1, -0.05) is 13.8 Å². The third-order valence-electron chi connectivity index (χ3n) is 3.02. The Balaban J connectivity index is 2.39. The molecule has 2 nitrogen and oxygen atoms in total. The Hall–Kier alpha value is -0.0800. The Labute approximate surface area is 75.9 Å². The van der Waals surface area contributed by atoms with Crippen molar-refractivity contribution >= 4 is 0 Å². The molecule has 2 unspecified atom stereocenters. The predicted molar refractivity (Wildman–Crippen MR) is 51.2 cm³/mol. The molecule has 0 aromatic carbocycles. The number of likely N-dealkylation sites (tertiary alicyclic amines) is 1. The molecule has 1 aliphatic rings. The summed E-state index contributed by atoms with van der Waals surface area (Å²) in [5.74, 6) is 1.68. The quantitative estimate of drug-likeness (QED) is 0.639. The van der Waals surface area contributed by atoms with Crippen molar-refractivity contribution in [3.63, 3.8) is 0 Å². The third-order valence-corrected chi connectivity index (χ3v) is 3.02. The molecule has 12 heavy (non-hydrogen) atoms. The van der Waals surface area contributed by atoms with Crippen LogP contribution in [0.2, 0.25) is 0 Å². The first-order valence-electron chi connectivity index (χ1n) is 4.84. The normalized spacial score (nSPS) is 31.8. The van der Waals surface area contributed by atoms with Crippen molar-refractivity contribution in [1.29, 1.82) is 0 Å². The molecule has 2 atom stereocenters. The smallest absolute Gasteiger partial charge is 0.0618 e. The summed E-state index contributed by atoms with van der Waals surface area (Å²) in [4.78, 5) is 2.42. The topological polar surface area (TPSA) is 12.5 Å². The number of hydrogen-bond donors (Lipinski definition) is 0. The van der Waals surface area contributed by atoms with Gasteiger partial charge in [0.2, 0.25) is 0 Å². The summed E-state index contributed by atoms with van der Waals surface area (Å²) in [6, 6.07) is 0.655. The fourth-order valence-corrected chi connectivity index (χ4v) is 1.99. The first-order valence-corrected chi connectivity index (χ1v) is 4.84. The van der Waals surface area contributed by atoms with Gasteiger partial charge in [-0.2, -0.15) is 0 Å². The van der Waals surface area contributed by atoms with Crippen molar-refractivity contribution in [3.8, 4) is 0 Å². The fraction of sp³-hybridized carbons (Fsp3) is 1.00. The number of ether oxygens (including phenoxy) is 1. The first kappa shape index (κ1) is 10.0. The van der Waals surface area contributed by atoms with Gasteiger partial charge in [0.05, 0.1) is 6.61 Å². The largest absolute Gasteiger partial charge is 0.383 e. The van der Waals surface area contributed by atoms with Crippen molar-refractivity contribution in [2.75, 3.05) is 27.3 Å². The highest BCUT2D eigenvalue weighted by atomic mass is 16.5. The maximum Gasteiger partial charge on any atom is 0.0618 e. The van der Waals surface area contributed by atoms with E-state index in [0.29, 0.717) is 6.04 Å². The highest BCUT2D eigenvalue weighted by Gasteiger charge is 2.30. The average Bonchev–Trinajstić information content (AvgIpc) is 2.34. The lowest BCUT2D eigenvalue weighted by Gasteiger charge is -2.17. The molecule has 1 aliphatic heterocycles. The SMILES string of the molecule is COCC1CC(C(C)C)CN1C. The van der Waals surface area contributed by atoms with Crippen LogP contribution in [0.15, 0.2) is 0 Å². The Morgan fingerprint density at radius 2 is 2.17 bits per heavy atom. The van der Waals surface area contributed by atoms with Crippen molar-refractivity contribution in [2.45, 2.75) is 26.3 Å². The summed E-state index contributed by atoms with van der Waals surface area (Å²) in [7, 11) is 3.99. The minimum Gasteiger partial charge on any atom is -0.383 e. The summed E-state index contributed by atoms with van der Waals surface area (Å²) in [5, 5.41) is 0. The second-order valence-corrected chi connectivity index (χ2v) is 4.29. The Kier molecular flexibility index (Phi) is 3.53. The van der Waals surface area contributed by atoms with E-state index in [4.69, 9.17) is 4.74 Å². The third kappa shape index (κ3) is 2.20. The van der Waals surface area contributed by atoms with Crippen LogP contribution in [0.5, 0.6) is 0 Å². The molecule has 0 aliphatic carbocycles. The molecule has 0 saturated carbocycles. The van der Waals surface area contributed by atoms with E-state index in [1.807, 2.05) is 0 Å². The molecule has 0 aromatic rings. The molecule has 1 fully saturated rings. The Morgan fingerprint density at radius 1 is 1.50 bits per heavy atom. The van der Waals surface area contributed by atoms with E-state index in [2.05, 4.69) is 25.8 Å². The van der Waals surface area contributed by atoms with Gasteiger partial charge < -0.3 is 9.64 Å². The van der Waals surface area contributed by atoms with Gasteiger partial charge in [-0.25, -0.2) is 0 Å². The second kappa shape index (κ2) is 4.24. The predicted octanol–water partition coefficient (Wildman–Crippen LogP) is 1.61. The van der Waals surface area contributed by atoms with E-state index < -0.39 is 0 Å². The van der Waals surface area contributed by atoms with Gasteiger partial charge in [0.15, 0.2) is 0 Å². The van der Waals surface area contributed by atoms with Crippen molar-refractivity contribution < 1.29 is 4.74 Å². The van der Waals surface area contributed by atoms with Crippen LogP contribution in [-0.4, -0.2) is 38.3 Å². The Bertz CT molecular complexity index is 136. The number of rotatable bonds is 3. The Morgan fingerprint density at radius 3 is 2.58 bits per heavy atom. The van der Waals surface area contributed by atoms with E-state index in [9.17, 15) is 0 Å². The molecule has 2 heteroatoms. The van der Waals surface area contributed by atoms with E-state index in [0.717, 1.165) is 18.4 Å². The summed E-state index contributed by atoms with van der Waals surface area (Å²) in [6.45, 7) is 6.76. The number of hydrogen-bond acceptors (Lipinski definition) is 2. The molecule has 1 heterocycles. The van der Waals surface area contributed by atoms with Gasteiger partial charge in [0.1, 0.15) is 0 Å². The second-order valence-electron chi connectivity index (χ2n) is 4.29. The van der Waals surface area contributed by atoms with Gasteiger partial charge in [-0.3, -0.25) is 0 Å². The highest BCUT2D eigenvalue weighted by molar-refractivity contribution is 4.84. The van der Waals surface area contributed by atoms with Gasteiger partial charge in [0.25, 0.3) is 0 Å². The molecule has 0 aromatic heterocycles. The van der Waals surface area contributed by atoms with E-state index >= 15 is 0 Å². The molecule has 0 N–H and O–H groups in total. The monoisotopic (exact) mass is 171 g/mol. The van der Waals surface area contributed by atoms with Crippen LogP contribution < -0.4 is 0 Å². The van der Waals surface area contributed by atoms with Crippen LogP contribution in [0.3, 0.4) is 0 Å². The van der Waals surface area contributed by atoms with Gasteiger partial charge in [0, 0.05) is 19.7 Å². The molecular formula is C10H21NO. The molecule has 0 bridgehead atoms. The fourth-order valence-electron chi connectivity index (χ4n) is 1.99. The van der Waals surface area contributed by atoms with Gasteiger partial charge in [-0.15, -0.1) is 0 Å². The zero-order valence-corrected chi connectivity index (χ0v) is 8.71. The minimum absolute atomic E-state index is 0.655. The summed E-state index contributed by atoms with van der Waals surface area (Å²) in [6.07, 6.45) is 1.31. The molecule has 72 valence electrons. The lowest BCUT2D eigenvalue weighted by molar-refractivity contribution is 0.129. The maximum atomic E-state index is 5.18. The molecule has 1 rings (SSSR count). The van der Waals surface area contributed by atoms with Crippen molar-refractivity contribution in [1.82, 2.24) is 4.90 Å². The molecule has 0 spiro atoms. The molecule has 1 saturated heterocycles. The van der Waals surface area contributed by atoms with E-state index in [1.54, 1.807) is 7.11 Å². The average molecular weight is 171 g/mol. The van der Waals surface area contributed by atoms with Crippen LogP contribution in [-0.2, 0) is 4.74 Å². The van der Waals surface area contributed by atoms with Crippen LogP contribution in [0.1, 0.15) is 20.3 Å². The molecular weight excluding hydrogens is 150 g/mol. The van der Waals surface area contributed by atoms with Crippen LogP contribution in [0.4, 0.5) is 0 Å². The lowest BCUT2D eigenvalue weighted by atomic mass is 9.93.